The van der Waals surface area contributed by atoms with Crippen LogP contribution in [0.15, 0.2) is 24.7 Å². The van der Waals surface area contributed by atoms with Crippen molar-refractivity contribution in [2.24, 2.45) is 0 Å². The highest BCUT2D eigenvalue weighted by Gasteiger charge is 2.06. The zero-order valence-electron chi connectivity index (χ0n) is 8.05. The molecule has 0 fully saturated rings. The Morgan fingerprint density at radius 1 is 1.31 bits per heavy atom. The van der Waals surface area contributed by atoms with Crippen LogP contribution in [0.4, 0.5) is 10.2 Å². The molecule has 0 spiro atoms. The number of pyridine rings is 1. The van der Waals surface area contributed by atoms with Crippen molar-refractivity contribution in [2.75, 3.05) is 5.73 Å². The average molecular weight is 215 g/mol. The molecule has 2 N–H and O–H groups in total. The first-order valence-corrected chi connectivity index (χ1v) is 4.34. The van der Waals surface area contributed by atoms with Gasteiger partial charge < -0.3 is 5.73 Å². The van der Waals surface area contributed by atoms with E-state index in [2.05, 4.69) is 15.0 Å². The summed E-state index contributed by atoms with van der Waals surface area (Å²) in [5, 5.41) is 8.65. The molecule has 78 valence electrons. The quantitative estimate of drug-likeness (QED) is 0.770. The lowest BCUT2D eigenvalue weighted by Crippen LogP contribution is -1.96. The van der Waals surface area contributed by atoms with Gasteiger partial charge in [-0.15, -0.1) is 0 Å². The number of hydrogen-bond acceptors (Lipinski definition) is 5. The van der Waals surface area contributed by atoms with Crippen LogP contribution in [-0.4, -0.2) is 15.0 Å². The molecule has 0 saturated carbocycles. The average Bonchev–Trinajstić information content (AvgIpc) is 2.33. The lowest BCUT2D eigenvalue weighted by atomic mass is 10.2. The van der Waals surface area contributed by atoms with Crippen LogP contribution >= 0.6 is 0 Å². The summed E-state index contributed by atoms with van der Waals surface area (Å²) in [6, 6.07) is 3.05. The molecule has 2 rings (SSSR count). The van der Waals surface area contributed by atoms with Crippen LogP contribution in [-0.2, 0) is 0 Å². The van der Waals surface area contributed by atoms with Crippen LogP contribution in [0.25, 0.3) is 11.3 Å². The third-order valence-electron chi connectivity index (χ3n) is 1.91. The highest BCUT2D eigenvalue weighted by Crippen LogP contribution is 2.18. The number of nitrogens with zero attached hydrogens (tertiary/aromatic N) is 4. The maximum Gasteiger partial charge on any atom is 0.165 e. The van der Waals surface area contributed by atoms with Gasteiger partial charge in [-0.1, -0.05) is 0 Å². The van der Waals surface area contributed by atoms with Gasteiger partial charge in [0.05, 0.1) is 18.1 Å². The SMILES string of the molecule is N#Cc1cncc(-c2cnc(N)c(F)c2)n1. The van der Waals surface area contributed by atoms with E-state index in [4.69, 9.17) is 11.0 Å². The number of nitrogens with two attached hydrogens (primary N) is 1. The fraction of sp³-hybridized carbons (Fsp3) is 0. The van der Waals surface area contributed by atoms with Crippen LogP contribution in [0.2, 0.25) is 0 Å². The summed E-state index contributed by atoms with van der Waals surface area (Å²) in [5.41, 5.74) is 6.22. The second-order valence-corrected chi connectivity index (χ2v) is 2.99. The normalized spacial score (nSPS) is 9.75. The van der Waals surface area contributed by atoms with Crippen molar-refractivity contribution >= 4 is 5.82 Å². The van der Waals surface area contributed by atoms with E-state index in [-0.39, 0.29) is 11.5 Å². The van der Waals surface area contributed by atoms with Crippen molar-refractivity contribution in [3.8, 4) is 17.3 Å². The Hall–Kier alpha value is -2.55. The van der Waals surface area contributed by atoms with E-state index in [1.54, 1.807) is 0 Å². The lowest BCUT2D eigenvalue weighted by Gasteiger charge is -2.01. The molecule has 2 aromatic heterocycles. The van der Waals surface area contributed by atoms with Gasteiger partial charge in [0.15, 0.2) is 17.3 Å². The van der Waals surface area contributed by atoms with E-state index in [9.17, 15) is 4.39 Å². The first kappa shape index (κ1) is 9.98. The fourth-order valence-electron chi connectivity index (χ4n) is 1.15. The first-order chi connectivity index (χ1) is 7.70. The van der Waals surface area contributed by atoms with E-state index in [0.29, 0.717) is 11.3 Å². The topological polar surface area (TPSA) is 88.5 Å². The maximum absolute atomic E-state index is 13.1. The maximum atomic E-state index is 13.1. The highest BCUT2D eigenvalue weighted by atomic mass is 19.1. The van der Waals surface area contributed by atoms with Crippen molar-refractivity contribution in [2.45, 2.75) is 0 Å². The van der Waals surface area contributed by atoms with E-state index < -0.39 is 5.82 Å². The summed E-state index contributed by atoms with van der Waals surface area (Å²) in [6.45, 7) is 0. The second-order valence-electron chi connectivity index (χ2n) is 2.99. The van der Waals surface area contributed by atoms with Gasteiger partial charge in [-0.3, -0.25) is 4.98 Å². The largest absolute Gasteiger partial charge is 0.381 e. The van der Waals surface area contributed by atoms with Gasteiger partial charge in [-0.25, -0.2) is 14.4 Å². The number of nitrogen functional groups attached to an aromatic ring is 1. The predicted octanol–water partition coefficient (Wildman–Crippen LogP) is 1.13. The summed E-state index contributed by atoms with van der Waals surface area (Å²) >= 11 is 0. The third-order valence-corrected chi connectivity index (χ3v) is 1.91. The van der Waals surface area contributed by atoms with Crippen LogP contribution in [0, 0.1) is 17.1 Å². The van der Waals surface area contributed by atoms with Gasteiger partial charge >= 0.3 is 0 Å². The van der Waals surface area contributed by atoms with E-state index in [1.165, 1.54) is 24.7 Å². The van der Waals surface area contributed by atoms with Gasteiger partial charge in [0, 0.05) is 11.8 Å². The third kappa shape index (κ3) is 1.79. The summed E-state index contributed by atoms with van der Waals surface area (Å²) < 4.78 is 13.1. The molecule has 0 radical (unpaired) electrons. The van der Waals surface area contributed by atoms with Crippen molar-refractivity contribution in [3.05, 3.63) is 36.2 Å². The minimum atomic E-state index is -0.623. The van der Waals surface area contributed by atoms with Crippen molar-refractivity contribution in [1.29, 1.82) is 5.26 Å². The Labute approximate surface area is 90.4 Å². The standard InChI is InChI=1S/C10H6FN5/c11-8-1-6(3-15-10(8)13)9-5-14-4-7(2-12)16-9/h1,3-5H,(H2,13,15). The zero-order chi connectivity index (χ0) is 11.5. The van der Waals surface area contributed by atoms with Gasteiger partial charge in [0.25, 0.3) is 0 Å². The van der Waals surface area contributed by atoms with Gasteiger partial charge in [0.2, 0.25) is 0 Å². The van der Waals surface area contributed by atoms with E-state index >= 15 is 0 Å². The molecule has 0 aliphatic rings. The molecule has 0 unspecified atom stereocenters. The minimum absolute atomic E-state index is 0.162. The molecule has 5 nitrogen and oxygen atoms in total. The molecular formula is C10H6FN5. The molecule has 0 aliphatic heterocycles. The molecule has 0 saturated heterocycles. The van der Waals surface area contributed by atoms with Crippen molar-refractivity contribution in [1.82, 2.24) is 15.0 Å². The molecule has 0 aromatic carbocycles. The summed E-state index contributed by atoms with van der Waals surface area (Å²) in [5.74, 6) is -0.796. The molecule has 0 amide bonds. The number of rotatable bonds is 1. The molecule has 16 heavy (non-hydrogen) atoms. The molecule has 0 atom stereocenters. The molecule has 0 bridgehead atoms. The lowest BCUT2D eigenvalue weighted by molar-refractivity contribution is 0.627. The molecular weight excluding hydrogens is 209 g/mol. The highest BCUT2D eigenvalue weighted by molar-refractivity contribution is 5.59. The molecule has 2 aromatic rings. The monoisotopic (exact) mass is 215 g/mol. The predicted molar refractivity (Wildman–Crippen MR) is 54.3 cm³/mol. The Bertz CT molecular complexity index is 576. The van der Waals surface area contributed by atoms with Crippen LogP contribution in [0.5, 0.6) is 0 Å². The smallest absolute Gasteiger partial charge is 0.165 e. The Morgan fingerprint density at radius 3 is 2.81 bits per heavy atom. The first-order valence-electron chi connectivity index (χ1n) is 4.34. The summed E-state index contributed by atoms with van der Waals surface area (Å²) in [7, 11) is 0. The fourth-order valence-corrected chi connectivity index (χ4v) is 1.15. The molecule has 2 heterocycles. The number of halogens is 1. The second kappa shape index (κ2) is 3.90. The number of aromatic nitrogens is 3. The van der Waals surface area contributed by atoms with Crippen LogP contribution in [0.1, 0.15) is 5.69 Å². The molecule has 6 heteroatoms. The van der Waals surface area contributed by atoms with Crippen molar-refractivity contribution < 1.29 is 4.39 Å². The van der Waals surface area contributed by atoms with E-state index in [0.717, 1.165) is 0 Å². The van der Waals surface area contributed by atoms with E-state index in [1.807, 2.05) is 6.07 Å². The Balaban J connectivity index is 2.51. The van der Waals surface area contributed by atoms with Gasteiger partial charge in [-0.05, 0) is 6.07 Å². The Morgan fingerprint density at radius 2 is 2.12 bits per heavy atom. The molecule has 0 aliphatic carbocycles. The van der Waals surface area contributed by atoms with Crippen LogP contribution < -0.4 is 5.73 Å². The van der Waals surface area contributed by atoms with Gasteiger partial charge in [0.1, 0.15) is 6.07 Å². The minimum Gasteiger partial charge on any atom is -0.381 e. The zero-order valence-corrected chi connectivity index (χ0v) is 8.05. The van der Waals surface area contributed by atoms with Crippen LogP contribution in [0.3, 0.4) is 0 Å². The van der Waals surface area contributed by atoms with Gasteiger partial charge in [-0.2, -0.15) is 5.26 Å². The van der Waals surface area contributed by atoms with Crippen molar-refractivity contribution in [3.63, 3.8) is 0 Å². The summed E-state index contributed by atoms with van der Waals surface area (Å²) in [4.78, 5) is 11.4. The number of anilines is 1. The summed E-state index contributed by atoms with van der Waals surface area (Å²) in [6.07, 6.45) is 4.13. The number of nitriles is 1. The number of hydrogen-bond donors (Lipinski definition) is 1. The Kier molecular flexibility index (Phi) is 2.44.